The molecular formula is C10H16ClN3. The Labute approximate surface area is 90.1 Å². The van der Waals surface area contributed by atoms with Gasteiger partial charge in [-0.3, -0.25) is 0 Å². The molecule has 1 aromatic rings. The van der Waals surface area contributed by atoms with Crippen molar-refractivity contribution in [1.82, 2.24) is 10.2 Å². The lowest BCUT2D eigenvalue weighted by Gasteiger charge is -2.24. The fourth-order valence-electron chi connectivity index (χ4n) is 1.33. The van der Waals surface area contributed by atoms with Crippen LogP contribution >= 0.6 is 11.6 Å². The van der Waals surface area contributed by atoms with E-state index in [1.54, 1.807) is 6.07 Å². The molecule has 4 heteroatoms. The molecule has 78 valence electrons. The van der Waals surface area contributed by atoms with E-state index >= 15 is 0 Å². The van der Waals surface area contributed by atoms with Crippen molar-refractivity contribution in [1.29, 1.82) is 0 Å². The molecule has 0 spiro atoms. The zero-order valence-electron chi connectivity index (χ0n) is 8.87. The minimum atomic E-state index is 0.435. The minimum absolute atomic E-state index is 0.435. The monoisotopic (exact) mass is 213 g/mol. The van der Waals surface area contributed by atoms with E-state index in [2.05, 4.69) is 28.9 Å². The van der Waals surface area contributed by atoms with Crippen LogP contribution in [0.4, 0.5) is 5.82 Å². The second-order valence-electron chi connectivity index (χ2n) is 3.46. The Bertz CT molecular complexity index is 273. The van der Waals surface area contributed by atoms with Crippen LogP contribution in [0, 0.1) is 0 Å². The number of aromatic nitrogens is 2. The van der Waals surface area contributed by atoms with Crippen LogP contribution in [-0.4, -0.2) is 23.3 Å². The van der Waals surface area contributed by atoms with E-state index in [9.17, 15) is 0 Å². The molecule has 0 aromatic carbocycles. The third kappa shape index (κ3) is 2.84. The van der Waals surface area contributed by atoms with Gasteiger partial charge in [-0.15, -0.1) is 10.2 Å². The largest absolute Gasteiger partial charge is 0.355 e. The molecule has 14 heavy (non-hydrogen) atoms. The maximum absolute atomic E-state index is 5.66. The van der Waals surface area contributed by atoms with E-state index in [4.69, 9.17) is 11.6 Å². The van der Waals surface area contributed by atoms with Gasteiger partial charge in [0.2, 0.25) is 0 Å². The molecule has 0 radical (unpaired) electrons. The summed E-state index contributed by atoms with van der Waals surface area (Å²) in [5.74, 6) is 0.871. The number of halogens is 1. The van der Waals surface area contributed by atoms with Gasteiger partial charge in [0.05, 0.1) is 0 Å². The summed E-state index contributed by atoms with van der Waals surface area (Å²) in [7, 11) is 2.03. The van der Waals surface area contributed by atoms with Crippen LogP contribution in [0.1, 0.15) is 26.7 Å². The lowest BCUT2D eigenvalue weighted by atomic mass is 10.2. The molecule has 1 heterocycles. The van der Waals surface area contributed by atoms with Crippen molar-refractivity contribution in [2.75, 3.05) is 11.9 Å². The molecule has 0 bridgehead atoms. The van der Waals surface area contributed by atoms with Gasteiger partial charge in [0.15, 0.2) is 11.0 Å². The molecule has 0 fully saturated rings. The highest BCUT2D eigenvalue weighted by molar-refractivity contribution is 6.29. The third-order valence-corrected chi connectivity index (χ3v) is 2.55. The molecule has 1 rings (SSSR count). The van der Waals surface area contributed by atoms with Crippen molar-refractivity contribution in [2.24, 2.45) is 0 Å². The summed E-state index contributed by atoms with van der Waals surface area (Å²) in [6.07, 6.45) is 2.33. The summed E-state index contributed by atoms with van der Waals surface area (Å²) in [6.45, 7) is 4.36. The van der Waals surface area contributed by atoms with Gasteiger partial charge >= 0.3 is 0 Å². The zero-order chi connectivity index (χ0) is 10.6. The van der Waals surface area contributed by atoms with Gasteiger partial charge in [-0.1, -0.05) is 24.9 Å². The van der Waals surface area contributed by atoms with Gasteiger partial charge < -0.3 is 4.90 Å². The van der Waals surface area contributed by atoms with Crippen molar-refractivity contribution in [3.8, 4) is 0 Å². The average molecular weight is 214 g/mol. The summed E-state index contributed by atoms with van der Waals surface area (Å²) in [6, 6.07) is 4.14. The first-order chi connectivity index (χ1) is 6.65. The van der Waals surface area contributed by atoms with Crippen molar-refractivity contribution in [3.05, 3.63) is 17.3 Å². The van der Waals surface area contributed by atoms with Crippen molar-refractivity contribution < 1.29 is 0 Å². The van der Waals surface area contributed by atoms with E-state index in [1.165, 1.54) is 6.42 Å². The topological polar surface area (TPSA) is 29.0 Å². The summed E-state index contributed by atoms with van der Waals surface area (Å²) in [4.78, 5) is 2.12. The Kier molecular flexibility index (Phi) is 4.14. The van der Waals surface area contributed by atoms with Crippen LogP contribution < -0.4 is 4.90 Å². The summed E-state index contributed by atoms with van der Waals surface area (Å²) < 4.78 is 0. The van der Waals surface area contributed by atoms with Gasteiger partial charge in [0, 0.05) is 13.1 Å². The average Bonchev–Trinajstić information content (AvgIpc) is 2.18. The summed E-state index contributed by atoms with van der Waals surface area (Å²) in [5.41, 5.74) is 0. The fourth-order valence-corrected chi connectivity index (χ4v) is 1.44. The van der Waals surface area contributed by atoms with Gasteiger partial charge in [-0.2, -0.15) is 0 Å². The van der Waals surface area contributed by atoms with Crippen LogP contribution in [-0.2, 0) is 0 Å². The Morgan fingerprint density at radius 1 is 1.43 bits per heavy atom. The first-order valence-electron chi connectivity index (χ1n) is 4.87. The molecule has 0 aliphatic heterocycles. The molecule has 0 aliphatic carbocycles. The highest BCUT2D eigenvalue weighted by atomic mass is 35.5. The molecule has 0 amide bonds. The van der Waals surface area contributed by atoms with Crippen LogP contribution in [0.2, 0.25) is 5.15 Å². The predicted molar refractivity (Wildman–Crippen MR) is 59.8 cm³/mol. The quantitative estimate of drug-likeness (QED) is 0.770. The Morgan fingerprint density at radius 3 is 2.64 bits per heavy atom. The van der Waals surface area contributed by atoms with Crippen LogP contribution in [0.15, 0.2) is 12.1 Å². The number of rotatable bonds is 4. The smallest absolute Gasteiger partial charge is 0.151 e. The lowest BCUT2D eigenvalue weighted by molar-refractivity contribution is 0.608. The number of nitrogens with zero attached hydrogens (tertiary/aromatic N) is 3. The van der Waals surface area contributed by atoms with Gasteiger partial charge in [-0.25, -0.2) is 0 Å². The molecule has 1 atom stereocenters. The second-order valence-corrected chi connectivity index (χ2v) is 3.85. The maximum atomic E-state index is 5.66. The molecular weight excluding hydrogens is 198 g/mol. The SMILES string of the molecule is CCCC(C)N(C)c1ccc(Cl)nn1. The maximum Gasteiger partial charge on any atom is 0.151 e. The Balaban J connectivity index is 2.68. The van der Waals surface area contributed by atoms with Crippen LogP contribution in [0.3, 0.4) is 0 Å². The lowest BCUT2D eigenvalue weighted by Crippen LogP contribution is -2.29. The molecule has 0 N–H and O–H groups in total. The number of hydrogen-bond acceptors (Lipinski definition) is 3. The molecule has 1 aromatic heterocycles. The van der Waals surface area contributed by atoms with Crippen LogP contribution in [0.5, 0.6) is 0 Å². The minimum Gasteiger partial charge on any atom is -0.355 e. The Morgan fingerprint density at radius 2 is 2.14 bits per heavy atom. The molecule has 0 saturated heterocycles. The molecule has 0 aliphatic rings. The van der Waals surface area contributed by atoms with Crippen molar-refractivity contribution in [3.63, 3.8) is 0 Å². The van der Waals surface area contributed by atoms with E-state index in [1.807, 2.05) is 13.1 Å². The standard InChI is InChI=1S/C10H16ClN3/c1-4-5-8(2)14(3)10-7-6-9(11)12-13-10/h6-8H,4-5H2,1-3H3. The second kappa shape index (κ2) is 5.15. The fraction of sp³-hybridized carbons (Fsp3) is 0.600. The van der Waals surface area contributed by atoms with E-state index in [0.717, 1.165) is 12.2 Å². The van der Waals surface area contributed by atoms with E-state index < -0.39 is 0 Å². The third-order valence-electron chi connectivity index (χ3n) is 2.35. The van der Waals surface area contributed by atoms with E-state index in [-0.39, 0.29) is 0 Å². The van der Waals surface area contributed by atoms with Gasteiger partial charge in [0.25, 0.3) is 0 Å². The zero-order valence-corrected chi connectivity index (χ0v) is 9.62. The van der Waals surface area contributed by atoms with E-state index in [0.29, 0.717) is 11.2 Å². The van der Waals surface area contributed by atoms with Crippen LogP contribution in [0.25, 0.3) is 0 Å². The van der Waals surface area contributed by atoms with Gasteiger partial charge in [-0.05, 0) is 25.5 Å². The highest BCUT2D eigenvalue weighted by Gasteiger charge is 2.10. The first-order valence-corrected chi connectivity index (χ1v) is 5.25. The van der Waals surface area contributed by atoms with Crippen molar-refractivity contribution in [2.45, 2.75) is 32.7 Å². The summed E-state index contributed by atoms with van der Waals surface area (Å²) >= 11 is 5.66. The van der Waals surface area contributed by atoms with Crippen molar-refractivity contribution >= 4 is 17.4 Å². The Hall–Kier alpha value is -0.830. The number of anilines is 1. The summed E-state index contributed by atoms with van der Waals surface area (Å²) in [5, 5.41) is 8.28. The molecule has 1 unspecified atom stereocenters. The molecule has 3 nitrogen and oxygen atoms in total. The highest BCUT2D eigenvalue weighted by Crippen LogP contribution is 2.14. The van der Waals surface area contributed by atoms with Gasteiger partial charge in [0.1, 0.15) is 0 Å². The first kappa shape index (κ1) is 11.2. The predicted octanol–water partition coefficient (Wildman–Crippen LogP) is 2.75. The molecule has 0 saturated carbocycles. The normalized spacial score (nSPS) is 12.6. The number of hydrogen-bond donors (Lipinski definition) is 0.